The maximum Gasteiger partial charge on any atom is 0.224 e. The molecule has 1 amide bonds. The Kier molecular flexibility index (Phi) is 8.16. The number of ether oxygens (including phenoxy) is 1. The van der Waals surface area contributed by atoms with Crippen LogP contribution in [0.25, 0.3) is 10.8 Å². The number of anilines is 1. The zero-order valence-electron chi connectivity index (χ0n) is 20.3. The Bertz CT molecular complexity index is 1330. The van der Waals surface area contributed by atoms with Gasteiger partial charge in [0.2, 0.25) is 5.91 Å². The van der Waals surface area contributed by atoms with Crippen molar-refractivity contribution in [2.45, 2.75) is 38.8 Å². The van der Waals surface area contributed by atoms with Gasteiger partial charge in [0.05, 0.1) is 18.4 Å². The average Bonchev–Trinajstić information content (AvgIpc) is 3.43. The number of amides is 1. The van der Waals surface area contributed by atoms with Gasteiger partial charge in [-0.1, -0.05) is 24.3 Å². The molecule has 1 saturated heterocycles. The number of hydrogen-bond acceptors (Lipinski definition) is 4. The van der Waals surface area contributed by atoms with Crippen molar-refractivity contribution in [1.82, 2.24) is 4.90 Å². The number of fused-ring (bicyclic) bond motifs is 2. The summed E-state index contributed by atoms with van der Waals surface area (Å²) in [6.45, 7) is 4.99. The smallest absolute Gasteiger partial charge is 0.224 e. The predicted molar refractivity (Wildman–Crippen MR) is 150 cm³/mol. The second-order valence-electron chi connectivity index (χ2n) is 9.19. The van der Waals surface area contributed by atoms with Crippen molar-refractivity contribution < 1.29 is 9.53 Å². The van der Waals surface area contributed by atoms with Crippen molar-refractivity contribution in [2.24, 2.45) is 5.73 Å². The van der Waals surface area contributed by atoms with E-state index in [9.17, 15) is 4.79 Å². The fourth-order valence-corrected chi connectivity index (χ4v) is 5.12. The van der Waals surface area contributed by atoms with E-state index in [-0.39, 0.29) is 48.7 Å². The third kappa shape index (κ3) is 5.13. The normalized spacial score (nSPS) is 18.3. The lowest BCUT2D eigenvalue weighted by atomic mass is 9.97. The molecule has 0 aliphatic carbocycles. The van der Waals surface area contributed by atoms with E-state index in [0.717, 1.165) is 52.8 Å². The van der Waals surface area contributed by atoms with E-state index in [1.165, 1.54) is 0 Å². The molecule has 1 fully saturated rings. The van der Waals surface area contributed by atoms with Gasteiger partial charge in [-0.3, -0.25) is 15.6 Å². The van der Waals surface area contributed by atoms with Crippen LogP contribution < -0.4 is 15.4 Å². The number of rotatable bonds is 4. The van der Waals surface area contributed by atoms with Crippen molar-refractivity contribution in [3.63, 3.8) is 0 Å². The molecule has 2 heterocycles. The molecule has 7 nitrogen and oxygen atoms in total. The lowest BCUT2D eigenvalue weighted by Gasteiger charge is -2.25. The molecule has 2 unspecified atom stereocenters. The Morgan fingerprint density at radius 1 is 1.00 bits per heavy atom. The fraction of sp³-hybridized carbons (Fsp3) is 0.296. The molecule has 0 saturated carbocycles. The molecule has 190 valence electrons. The summed E-state index contributed by atoms with van der Waals surface area (Å²) < 4.78 is 6.24. The first-order valence-electron chi connectivity index (χ1n) is 11.6. The lowest BCUT2D eigenvalue weighted by molar-refractivity contribution is -0.116. The summed E-state index contributed by atoms with van der Waals surface area (Å²) in [5.41, 5.74) is 9.44. The number of halogens is 2. The van der Waals surface area contributed by atoms with Crippen LogP contribution >= 0.6 is 24.8 Å². The average molecular weight is 528 g/mol. The molecule has 0 bridgehead atoms. The Labute approximate surface area is 223 Å². The highest BCUT2D eigenvalue weighted by Gasteiger charge is 2.34. The molecule has 2 atom stereocenters. The summed E-state index contributed by atoms with van der Waals surface area (Å²) >= 11 is 0. The molecule has 3 aromatic carbocycles. The molecule has 36 heavy (non-hydrogen) atoms. The first-order valence-corrected chi connectivity index (χ1v) is 11.6. The molecule has 2 aliphatic rings. The van der Waals surface area contributed by atoms with Crippen LogP contribution in [0.5, 0.6) is 5.75 Å². The van der Waals surface area contributed by atoms with E-state index in [2.05, 4.69) is 24.3 Å². The van der Waals surface area contributed by atoms with Crippen molar-refractivity contribution in [1.29, 1.82) is 10.8 Å². The maximum absolute atomic E-state index is 12.7. The van der Waals surface area contributed by atoms with Gasteiger partial charge in [-0.2, -0.15) is 0 Å². The number of nitrogens with zero attached hydrogens (tertiary/aromatic N) is 2. The molecule has 0 aromatic heterocycles. The summed E-state index contributed by atoms with van der Waals surface area (Å²) in [4.78, 5) is 16.6. The van der Waals surface area contributed by atoms with Crippen LogP contribution in [-0.2, 0) is 11.2 Å². The Morgan fingerprint density at radius 2 is 1.75 bits per heavy atom. The minimum atomic E-state index is -0.101. The minimum absolute atomic E-state index is 0. The van der Waals surface area contributed by atoms with Gasteiger partial charge in [-0.15, -0.1) is 24.8 Å². The Balaban J connectivity index is 0.00000180. The van der Waals surface area contributed by atoms with Crippen LogP contribution in [0.15, 0.2) is 54.6 Å². The van der Waals surface area contributed by atoms with Gasteiger partial charge in [0.15, 0.2) is 0 Å². The second kappa shape index (κ2) is 10.8. The highest BCUT2D eigenvalue weighted by Crippen LogP contribution is 2.42. The van der Waals surface area contributed by atoms with Crippen LogP contribution in [0.3, 0.4) is 0 Å². The van der Waals surface area contributed by atoms with Crippen LogP contribution in [-0.4, -0.2) is 41.7 Å². The second-order valence-corrected chi connectivity index (χ2v) is 9.19. The van der Waals surface area contributed by atoms with Gasteiger partial charge >= 0.3 is 0 Å². The largest absolute Gasteiger partial charge is 0.489 e. The summed E-state index contributed by atoms with van der Waals surface area (Å²) in [5.74, 6) is 1.43. The molecular formula is C27H31Cl2N5O2. The molecule has 4 N–H and O–H groups in total. The first kappa shape index (κ1) is 27.3. The quantitative estimate of drug-likeness (QED) is 0.325. The number of carbonyl (C=O) groups excluding carboxylic acids is 1. The third-order valence-electron chi connectivity index (χ3n) is 6.86. The minimum Gasteiger partial charge on any atom is -0.489 e. The molecule has 0 radical (unpaired) electrons. The molecule has 0 spiro atoms. The van der Waals surface area contributed by atoms with E-state index in [1.54, 1.807) is 6.92 Å². The lowest BCUT2D eigenvalue weighted by Crippen LogP contribution is -2.29. The van der Waals surface area contributed by atoms with E-state index >= 15 is 0 Å². The fourth-order valence-electron chi connectivity index (χ4n) is 5.12. The molecule has 3 aromatic rings. The van der Waals surface area contributed by atoms with Crippen LogP contribution in [0.2, 0.25) is 0 Å². The summed E-state index contributed by atoms with van der Waals surface area (Å²) in [6, 6.07) is 17.9. The summed E-state index contributed by atoms with van der Waals surface area (Å²) in [6.07, 6.45) is 1.67. The summed E-state index contributed by atoms with van der Waals surface area (Å²) in [7, 11) is 0. The van der Waals surface area contributed by atoms with Crippen molar-refractivity contribution in [2.75, 3.05) is 18.0 Å². The van der Waals surface area contributed by atoms with Gasteiger partial charge in [0, 0.05) is 31.1 Å². The number of nitrogens with one attached hydrogen (secondary N) is 2. The standard InChI is InChI=1S/C27H29N5O2.2ClH/c1-16(28)31-10-9-24(15-31)34-23-7-8-25-22(13-23)14-26(32(25)17(2)33)19-5-3-18-4-6-20(27(29)30)12-21(18)11-19;;/h3-8,11-13,24,26,28H,9-10,14-15H2,1-2H3,(H3,29,30);2*1H. The topological polar surface area (TPSA) is 106 Å². The van der Waals surface area contributed by atoms with Crippen LogP contribution in [0.4, 0.5) is 5.69 Å². The highest BCUT2D eigenvalue weighted by atomic mass is 35.5. The van der Waals surface area contributed by atoms with E-state index in [4.69, 9.17) is 21.3 Å². The number of carbonyl (C=O) groups is 1. The molecule has 2 aliphatic heterocycles. The number of nitrogen functional groups attached to an aromatic ring is 1. The molecular weight excluding hydrogens is 497 g/mol. The molecule has 9 heteroatoms. The van der Waals surface area contributed by atoms with Gasteiger partial charge in [0.1, 0.15) is 17.7 Å². The van der Waals surface area contributed by atoms with Crippen LogP contribution in [0, 0.1) is 10.8 Å². The number of benzene rings is 3. The van der Waals surface area contributed by atoms with E-state index < -0.39 is 0 Å². The maximum atomic E-state index is 12.7. The van der Waals surface area contributed by atoms with Gasteiger partial charge in [-0.05, 0) is 65.6 Å². The number of hydrogen-bond donors (Lipinski definition) is 3. The number of likely N-dealkylation sites (tertiary alicyclic amines) is 1. The zero-order valence-corrected chi connectivity index (χ0v) is 21.9. The van der Waals surface area contributed by atoms with Gasteiger partial charge in [0.25, 0.3) is 0 Å². The van der Waals surface area contributed by atoms with Gasteiger partial charge < -0.3 is 20.3 Å². The first-order chi connectivity index (χ1) is 16.3. The van der Waals surface area contributed by atoms with E-state index in [0.29, 0.717) is 17.8 Å². The van der Waals surface area contributed by atoms with Crippen molar-refractivity contribution in [3.8, 4) is 5.75 Å². The monoisotopic (exact) mass is 527 g/mol. The van der Waals surface area contributed by atoms with Crippen LogP contribution in [0.1, 0.15) is 43.0 Å². The number of nitrogens with two attached hydrogens (primary N) is 1. The third-order valence-corrected chi connectivity index (χ3v) is 6.86. The van der Waals surface area contributed by atoms with E-state index in [1.807, 2.05) is 47.1 Å². The van der Waals surface area contributed by atoms with Crippen molar-refractivity contribution >= 4 is 58.9 Å². The SMILES string of the molecule is CC(=N)N1CCC(Oc2ccc3c(c2)CC(c2ccc4ccc(C(=N)N)cc4c2)N3C(C)=O)C1.Cl.Cl. The summed E-state index contributed by atoms with van der Waals surface area (Å²) in [5, 5.41) is 17.6. The Hall–Kier alpha value is -3.29. The van der Waals surface area contributed by atoms with Crippen molar-refractivity contribution in [3.05, 3.63) is 71.3 Å². The molecule has 5 rings (SSSR count). The number of amidine groups is 2. The zero-order chi connectivity index (χ0) is 24.0. The predicted octanol–water partition coefficient (Wildman–Crippen LogP) is 5.07. The highest BCUT2D eigenvalue weighted by molar-refractivity contribution is 5.99. The van der Waals surface area contributed by atoms with Gasteiger partial charge in [-0.25, -0.2) is 0 Å². The Morgan fingerprint density at radius 3 is 2.42 bits per heavy atom.